The van der Waals surface area contributed by atoms with Gasteiger partial charge in [-0.1, -0.05) is 17.8 Å². The van der Waals surface area contributed by atoms with E-state index in [1.54, 1.807) is 11.8 Å². The first-order valence-corrected chi connectivity index (χ1v) is 7.35. The second-order valence-corrected chi connectivity index (χ2v) is 5.71. The van der Waals surface area contributed by atoms with Gasteiger partial charge < -0.3 is 4.40 Å². The molecule has 0 radical (unpaired) electrons. The summed E-state index contributed by atoms with van der Waals surface area (Å²) in [6.07, 6.45) is 6.54. The van der Waals surface area contributed by atoms with Crippen molar-refractivity contribution in [2.24, 2.45) is 0 Å². The van der Waals surface area contributed by atoms with E-state index in [-0.39, 0.29) is 0 Å². The van der Waals surface area contributed by atoms with Crippen LogP contribution in [0.2, 0.25) is 0 Å². The van der Waals surface area contributed by atoms with Crippen LogP contribution in [-0.4, -0.2) is 24.6 Å². The summed E-state index contributed by atoms with van der Waals surface area (Å²) >= 11 is 1.63. The first-order chi connectivity index (χ1) is 9.38. The van der Waals surface area contributed by atoms with Gasteiger partial charge in [0.1, 0.15) is 11.5 Å². The number of imidazole rings is 1. The smallest absolute Gasteiger partial charge is 0.208 e. The Balaban J connectivity index is 1.48. The molecule has 1 N–H and O–H groups in total. The number of H-pyrrole nitrogens is 1. The molecule has 1 aliphatic rings. The highest BCUT2D eigenvalue weighted by atomic mass is 32.2. The van der Waals surface area contributed by atoms with Crippen molar-refractivity contribution in [2.45, 2.75) is 29.7 Å². The molecule has 3 aromatic rings. The summed E-state index contributed by atoms with van der Waals surface area (Å²) in [5, 5.41) is 8.08. The number of rotatable bonds is 4. The molecule has 3 heterocycles. The molecule has 1 saturated carbocycles. The summed E-state index contributed by atoms with van der Waals surface area (Å²) in [7, 11) is 0. The normalized spacial score (nSPS) is 15.2. The standard InChI is InChI=1S/C13H13N5S/c1-2-6-18-7-10(14-11(18)3-1)8-19-13-15-12(16-17-13)9-4-5-9/h1-3,6-7,9H,4-5,8H2,(H,15,16,17). The van der Waals surface area contributed by atoms with Crippen molar-refractivity contribution in [1.82, 2.24) is 24.6 Å². The van der Waals surface area contributed by atoms with Crippen LogP contribution in [0.4, 0.5) is 0 Å². The number of hydrogen-bond donors (Lipinski definition) is 1. The van der Waals surface area contributed by atoms with Crippen LogP contribution in [-0.2, 0) is 5.75 Å². The predicted octanol–water partition coefficient (Wildman–Crippen LogP) is 2.62. The van der Waals surface area contributed by atoms with E-state index in [2.05, 4.69) is 26.4 Å². The molecule has 19 heavy (non-hydrogen) atoms. The van der Waals surface area contributed by atoms with Crippen molar-refractivity contribution < 1.29 is 0 Å². The fourth-order valence-electron chi connectivity index (χ4n) is 2.06. The highest BCUT2D eigenvalue weighted by molar-refractivity contribution is 7.98. The molecule has 4 rings (SSSR count). The molecule has 5 nitrogen and oxygen atoms in total. The molecule has 1 fully saturated rings. The first-order valence-electron chi connectivity index (χ1n) is 6.36. The Labute approximate surface area is 114 Å². The van der Waals surface area contributed by atoms with E-state index in [9.17, 15) is 0 Å². The zero-order valence-electron chi connectivity index (χ0n) is 10.3. The zero-order chi connectivity index (χ0) is 12.7. The Morgan fingerprint density at radius 3 is 3.11 bits per heavy atom. The Hall–Kier alpha value is -1.82. The SMILES string of the molecule is c1ccn2cc(CSc3n[nH]c(C4CC4)n3)nc2c1. The van der Waals surface area contributed by atoms with Gasteiger partial charge in [-0.3, -0.25) is 5.10 Å². The third kappa shape index (κ3) is 2.23. The molecule has 0 saturated heterocycles. The van der Waals surface area contributed by atoms with Gasteiger partial charge in [0.15, 0.2) is 0 Å². The molecular formula is C13H13N5S. The van der Waals surface area contributed by atoms with Crippen molar-refractivity contribution in [1.29, 1.82) is 0 Å². The number of aromatic nitrogens is 5. The molecular weight excluding hydrogens is 258 g/mol. The lowest BCUT2D eigenvalue weighted by Gasteiger charge is -1.91. The van der Waals surface area contributed by atoms with E-state index in [1.165, 1.54) is 12.8 Å². The molecule has 0 aliphatic heterocycles. The van der Waals surface area contributed by atoms with Crippen LogP contribution in [0, 0.1) is 0 Å². The molecule has 1 aliphatic carbocycles. The largest absolute Gasteiger partial charge is 0.307 e. The van der Waals surface area contributed by atoms with Gasteiger partial charge in [0.2, 0.25) is 5.16 Å². The van der Waals surface area contributed by atoms with Crippen molar-refractivity contribution in [2.75, 3.05) is 0 Å². The van der Waals surface area contributed by atoms with Crippen LogP contribution < -0.4 is 0 Å². The Bertz CT molecular complexity index is 679. The second-order valence-electron chi connectivity index (χ2n) is 4.76. The summed E-state index contributed by atoms with van der Waals surface area (Å²) in [6, 6.07) is 6.01. The van der Waals surface area contributed by atoms with Crippen LogP contribution in [0.15, 0.2) is 35.7 Å². The van der Waals surface area contributed by atoms with Gasteiger partial charge in [-0.25, -0.2) is 9.97 Å². The lowest BCUT2D eigenvalue weighted by Crippen LogP contribution is -1.82. The van der Waals surface area contributed by atoms with Crippen LogP contribution in [0.5, 0.6) is 0 Å². The maximum atomic E-state index is 4.56. The summed E-state index contributed by atoms with van der Waals surface area (Å²) in [5.41, 5.74) is 2.03. The Kier molecular flexibility index (Phi) is 2.55. The van der Waals surface area contributed by atoms with Gasteiger partial charge in [0.25, 0.3) is 0 Å². The molecule has 0 bridgehead atoms. The van der Waals surface area contributed by atoms with Crippen LogP contribution >= 0.6 is 11.8 Å². The van der Waals surface area contributed by atoms with Crippen LogP contribution in [0.3, 0.4) is 0 Å². The minimum Gasteiger partial charge on any atom is -0.307 e. The summed E-state index contributed by atoms with van der Waals surface area (Å²) < 4.78 is 2.03. The molecule has 0 amide bonds. The van der Waals surface area contributed by atoms with Crippen molar-refractivity contribution in [3.05, 3.63) is 42.1 Å². The number of fused-ring (bicyclic) bond motifs is 1. The fraction of sp³-hybridized carbons (Fsp3) is 0.308. The average Bonchev–Trinajstić information content (AvgIpc) is 3.03. The lowest BCUT2D eigenvalue weighted by atomic mass is 10.4. The number of aromatic amines is 1. The third-order valence-corrected chi connectivity index (χ3v) is 4.09. The first kappa shape index (κ1) is 11.0. The Morgan fingerprint density at radius 1 is 1.32 bits per heavy atom. The van der Waals surface area contributed by atoms with Gasteiger partial charge in [0.05, 0.1) is 5.69 Å². The summed E-state index contributed by atoms with van der Waals surface area (Å²) in [4.78, 5) is 9.06. The van der Waals surface area contributed by atoms with Crippen LogP contribution in [0.1, 0.15) is 30.3 Å². The minimum atomic E-state index is 0.622. The van der Waals surface area contributed by atoms with Gasteiger partial charge in [-0.2, -0.15) is 0 Å². The number of pyridine rings is 1. The zero-order valence-corrected chi connectivity index (χ0v) is 11.1. The van der Waals surface area contributed by atoms with Gasteiger partial charge >= 0.3 is 0 Å². The maximum absolute atomic E-state index is 4.56. The van der Waals surface area contributed by atoms with E-state index in [4.69, 9.17) is 0 Å². The number of nitrogens with zero attached hydrogens (tertiary/aromatic N) is 4. The van der Waals surface area contributed by atoms with Gasteiger partial charge in [-0.05, 0) is 25.0 Å². The molecule has 96 valence electrons. The van der Waals surface area contributed by atoms with E-state index in [1.807, 2.05) is 28.8 Å². The number of thioether (sulfide) groups is 1. The highest BCUT2D eigenvalue weighted by Crippen LogP contribution is 2.38. The van der Waals surface area contributed by atoms with E-state index in [0.29, 0.717) is 5.92 Å². The van der Waals surface area contributed by atoms with Crippen molar-refractivity contribution >= 4 is 17.4 Å². The molecule has 0 spiro atoms. The molecule has 3 aromatic heterocycles. The number of nitrogens with one attached hydrogen (secondary N) is 1. The quantitative estimate of drug-likeness (QED) is 0.741. The number of hydrogen-bond acceptors (Lipinski definition) is 4. The van der Waals surface area contributed by atoms with Gasteiger partial charge in [0, 0.05) is 24.1 Å². The molecule has 0 unspecified atom stereocenters. The predicted molar refractivity (Wildman–Crippen MR) is 73.1 cm³/mol. The van der Waals surface area contributed by atoms with E-state index < -0.39 is 0 Å². The maximum Gasteiger partial charge on any atom is 0.208 e. The Morgan fingerprint density at radius 2 is 2.26 bits per heavy atom. The monoisotopic (exact) mass is 271 g/mol. The second kappa shape index (κ2) is 4.38. The summed E-state index contributed by atoms with van der Waals surface area (Å²) in [6.45, 7) is 0. The molecule has 0 aromatic carbocycles. The van der Waals surface area contributed by atoms with E-state index in [0.717, 1.165) is 28.1 Å². The highest BCUT2D eigenvalue weighted by Gasteiger charge is 2.27. The minimum absolute atomic E-state index is 0.622. The third-order valence-electron chi connectivity index (χ3n) is 3.21. The average molecular weight is 271 g/mol. The molecule has 0 atom stereocenters. The summed E-state index contributed by atoms with van der Waals surface area (Å²) in [5.74, 6) is 2.46. The molecule has 6 heteroatoms. The van der Waals surface area contributed by atoms with Crippen LogP contribution in [0.25, 0.3) is 5.65 Å². The van der Waals surface area contributed by atoms with Gasteiger partial charge in [-0.15, -0.1) is 5.10 Å². The van der Waals surface area contributed by atoms with Crippen molar-refractivity contribution in [3.63, 3.8) is 0 Å². The topological polar surface area (TPSA) is 58.9 Å². The van der Waals surface area contributed by atoms with E-state index >= 15 is 0 Å². The lowest BCUT2D eigenvalue weighted by molar-refractivity contribution is 0.932. The fourth-order valence-corrected chi connectivity index (χ4v) is 2.75. The van der Waals surface area contributed by atoms with Crippen molar-refractivity contribution in [3.8, 4) is 0 Å².